The summed E-state index contributed by atoms with van der Waals surface area (Å²) < 4.78 is 75.2. The molecule has 1 N–H and O–H groups in total. The standard InChI is InChI=1S/C20H22F5N3O3S/c1-10(2)6-15(29)31-13-4-5-28(9-19(13,21)22)14-7-12(20(23,24)25)17-16(27-14)11(8-32-17)18(30)26-3/h7-8,10,13H,4-6,9H2,1-3H3,(H,26,30)/t13-/m0/s1. The minimum atomic E-state index is -4.77. The number of halogens is 5. The van der Waals surface area contributed by atoms with Crippen LogP contribution in [0.1, 0.15) is 42.6 Å². The number of pyridine rings is 1. The number of ether oxygens (including phenoxy) is 1. The van der Waals surface area contributed by atoms with E-state index in [1.165, 1.54) is 12.4 Å². The van der Waals surface area contributed by atoms with Crippen LogP contribution in [0.25, 0.3) is 10.2 Å². The van der Waals surface area contributed by atoms with Crippen LogP contribution in [-0.4, -0.2) is 49.0 Å². The van der Waals surface area contributed by atoms with Gasteiger partial charge in [0.05, 0.1) is 27.9 Å². The molecule has 2 aromatic rings. The smallest absolute Gasteiger partial charge is 0.417 e. The summed E-state index contributed by atoms with van der Waals surface area (Å²) in [5.74, 6) is -5.24. The van der Waals surface area contributed by atoms with Crippen LogP contribution >= 0.6 is 11.3 Å². The Bertz CT molecular complexity index is 1020. The van der Waals surface area contributed by atoms with E-state index in [2.05, 4.69) is 10.3 Å². The predicted octanol–water partition coefficient (Wildman–Crippen LogP) is 4.48. The fraction of sp³-hybridized carbons (Fsp3) is 0.550. The minimum absolute atomic E-state index is 0.0100. The lowest BCUT2D eigenvalue weighted by Crippen LogP contribution is -2.53. The summed E-state index contributed by atoms with van der Waals surface area (Å²) in [4.78, 5) is 29.0. The molecule has 176 valence electrons. The molecule has 0 aromatic carbocycles. The fourth-order valence-electron chi connectivity index (χ4n) is 3.46. The number of anilines is 1. The third-order valence-corrected chi connectivity index (χ3v) is 6.00. The second kappa shape index (κ2) is 8.80. The number of nitrogens with zero attached hydrogens (tertiary/aromatic N) is 2. The highest BCUT2D eigenvalue weighted by atomic mass is 32.1. The van der Waals surface area contributed by atoms with Crippen molar-refractivity contribution in [1.29, 1.82) is 0 Å². The van der Waals surface area contributed by atoms with Crippen molar-refractivity contribution < 1.29 is 36.3 Å². The molecular weight excluding hydrogens is 457 g/mol. The number of aromatic nitrogens is 1. The Morgan fingerprint density at radius 3 is 2.62 bits per heavy atom. The van der Waals surface area contributed by atoms with Crippen LogP contribution in [-0.2, 0) is 15.7 Å². The number of alkyl halides is 5. The number of carbonyl (C=O) groups excluding carboxylic acids is 2. The number of esters is 1. The molecule has 1 aliphatic heterocycles. The van der Waals surface area contributed by atoms with Gasteiger partial charge in [0.2, 0.25) is 0 Å². The van der Waals surface area contributed by atoms with Crippen LogP contribution < -0.4 is 10.2 Å². The van der Waals surface area contributed by atoms with Gasteiger partial charge in [-0.3, -0.25) is 9.59 Å². The largest absolute Gasteiger partial charge is 0.456 e. The number of fused-ring (bicyclic) bond motifs is 1. The van der Waals surface area contributed by atoms with Gasteiger partial charge in [0.25, 0.3) is 5.91 Å². The summed E-state index contributed by atoms with van der Waals surface area (Å²) in [7, 11) is 1.33. The number of hydrogen-bond acceptors (Lipinski definition) is 6. The van der Waals surface area contributed by atoms with Gasteiger partial charge in [-0.05, 0) is 12.0 Å². The molecular formula is C20H22F5N3O3S. The molecule has 0 saturated carbocycles. The lowest BCUT2D eigenvalue weighted by Gasteiger charge is -2.38. The second-order valence-electron chi connectivity index (χ2n) is 7.98. The van der Waals surface area contributed by atoms with Crippen molar-refractivity contribution in [1.82, 2.24) is 10.3 Å². The van der Waals surface area contributed by atoms with E-state index in [0.717, 1.165) is 4.90 Å². The van der Waals surface area contributed by atoms with Crippen molar-refractivity contribution in [3.63, 3.8) is 0 Å². The first-order chi connectivity index (χ1) is 14.8. The zero-order valence-corrected chi connectivity index (χ0v) is 18.4. The third-order valence-electron chi connectivity index (χ3n) is 4.99. The van der Waals surface area contributed by atoms with Gasteiger partial charge in [-0.15, -0.1) is 11.3 Å². The van der Waals surface area contributed by atoms with Crippen molar-refractivity contribution >= 4 is 39.2 Å². The summed E-state index contributed by atoms with van der Waals surface area (Å²) >= 11 is 0.711. The molecule has 3 rings (SSSR count). The van der Waals surface area contributed by atoms with Gasteiger partial charge in [0.15, 0.2) is 6.10 Å². The Labute approximate surface area is 184 Å². The van der Waals surface area contributed by atoms with Crippen molar-refractivity contribution in [3.05, 3.63) is 22.6 Å². The minimum Gasteiger partial charge on any atom is -0.456 e. The van der Waals surface area contributed by atoms with E-state index < -0.39 is 42.2 Å². The van der Waals surface area contributed by atoms with Crippen LogP contribution in [0.15, 0.2) is 11.4 Å². The highest BCUT2D eigenvalue weighted by Gasteiger charge is 2.48. The zero-order valence-electron chi connectivity index (χ0n) is 17.6. The van der Waals surface area contributed by atoms with Crippen LogP contribution in [0.5, 0.6) is 0 Å². The number of thiophene rings is 1. The van der Waals surface area contributed by atoms with Crippen LogP contribution in [0.2, 0.25) is 0 Å². The first kappa shape index (κ1) is 24.1. The van der Waals surface area contributed by atoms with E-state index >= 15 is 0 Å². The number of hydrogen-bond donors (Lipinski definition) is 1. The molecule has 32 heavy (non-hydrogen) atoms. The van der Waals surface area contributed by atoms with Gasteiger partial charge < -0.3 is 15.0 Å². The lowest BCUT2D eigenvalue weighted by molar-refractivity contribution is -0.176. The van der Waals surface area contributed by atoms with Crippen LogP contribution in [0.4, 0.5) is 27.8 Å². The Kier molecular flexibility index (Phi) is 6.64. The molecule has 0 radical (unpaired) electrons. The quantitative estimate of drug-likeness (QED) is 0.506. The molecule has 2 aromatic heterocycles. The SMILES string of the molecule is CNC(=O)c1csc2c(C(F)(F)F)cc(N3CC[C@H](OC(=O)CC(C)C)C(F)(F)C3)nc12. The molecule has 1 aliphatic rings. The molecule has 1 fully saturated rings. The summed E-state index contributed by atoms with van der Waals surface area (Å²) in [5, 5.41) is 3.59. The van der Waals surface area contributed by atoms with E-state index in [1.807, 2.05) is 0 Å². The maximum absolute atomic E-state index is 14.7. The second-order valence-corrected chi connectivity index (χ2v) is 8.86. The van der Waals surface area contributed by atoms with Crippen molar-refractivity contribution in [2.24, 2.45) is 5.92 Å². The number of piperidine rings is 1. The average Bonchev–Trinajstić information content (AvgIpc) is 3.10. The molecule has 1 amide bonds. The van der Waals surface area contributed by atoms with E-state index in [4.69, 9.17) is 4.74 Å². The fourth-order valence-corrected chi connectivity index (χ4v) is 4.49. The molecule has 1 atom stereocenters. The van der Waals surface area contributed by atoms with E-state index in [9.17, 15) is 31.5 Å². The topological polar surface area (TPSA) is 71.5 Å². The highest BCUT2D eigenvalue weighted by molar-refractivity contribution is 7.17. The van der Waals surface area contributed by atoms with E-state index in [-0.39, 0.29) is 46.9 Å². The first-order valence-corrected chi connectivity index (χ1v) is 10.7. The Balaban J connectivity index is 1.94. The van der Waals surface area contributed by atoms with Gasteiger partial charge in [-0.1, -0.05) is 13.8 Å². The van der Waals surface area contributed by atoms with E-state index in [0.29, 0.717) is 17.4 Å². The predicted molar refractivity (Wildman–Crippen MR) is 109 cm³/mol. The number of carbonyl (C=O) groups is 2. The monoisotopic (exact) mass is 479 g/mol. The summed E-state index contributed by atoms with van der Waals surface area (Å²) in [6.07, 6.45) is -6.72. The number of amides is 1. The third kappa shape index (κ3) is 4.94. The average molecular weight is 479 g/mol. The summed E-state index contributed by atoms with van der Waals surface area (Å²) in [5.41, 5.74) is -1.32. The van der Waals surface area contributed by atoms with Crippen molar-refractivity contribution in [2.45, 2.75) is 44.9 Å². The maximum Gasteiger partial charge on any atom is 0.417 e. The van der Waals surface area contributed by atoms with Crippen LogP contribution in [0.3, 0.4) is 0 Å². The van der Waals surface area contributed by atoms with Crippen LogP contribution in [0, 0.1) is 5.92 Å². The highest BCUT2D eigenvalue weighted by Crippen LogP contribution is 2.41. The normalized spacial score (nSPS) is 18.8. The number of rotatable bonds is 5. The summed E-state index contributed by atoms with van der Waals surface area (Å²) in [6.45, 7) is 2.44. The molecule has 0 spiro atoms. The first-order valence-electron chi connectivity index (χ1n) is 9.87. The number of nitrogens with one attached hydrogen (secondary N) is 1. The molecule has 6 nitrogen and oxygen atoms in total. The van der Waals surface area contributed by atoms with Gasteiger partial charge in [0.1, 0.15) is 5.82 Å². The van der Waals surface area contributed by atoms with Crippen molar-refractivity contribution in [2.75, 3.05) is 25.0 Å². The Morgan fingerprint density at radius 2 is 2.06 bits per heavy atom. The lowest BCUT2D eigenvalue weighted by atomic mass is 10.0. The summed E-state index contributed by atoms with van der Waals surface area (Å²) in [6, 6.07) is 0.716. The maximum atomic E-state index is 14.7. The molecule has 12 heteroatoms. The van der Waals surface area contributed by atoms with Gasteiger partial charge in [-0.2, -0.15) is 13.2 Å². The van der Waals surface area contributed by atoms with Gasteiger partial charge >= 0.3 is 18.1 Å². The van der Waals surface area contributed by atoms with Crippen molar-refractivity contribution in [3.8, 4) is 0 Å². The molecule has 1 saturated heterocycles. The Hall–Kier alpha value is -2.50. The molecule has 0 unspecified atom stereocenters. The zero-order chi connectivity index (χ0) is 23.8. The molecule has 3 heterocycles. The van der Waals surface area contributed by atoms with E-state index in [1.54, 1.807) is 13.8 Å². The Morgan fingerprint density at radius 1 is 1.38 bits per heavy atom. The van der Waals surface area contributed by atoms with Gasteiger partial charge in [0, 0.05) is 31.8 Å². The molecule has 0 aliphatic carbocycles. The van der Waals surface area contributed by atoms with Gasteiger partial charge in [-0.25, -0.2) is 13.8 Å². The molecule has 0 bridgehead atoms.